The van der Waals surface area contributed by atoms with E-state index in [-0.39, 0.29) is 11.9 Å². The standard InChI is InChI=1S/C6H12ClNO3S/c7-12(9,10)4-1-6-5-8-2-3-11-6/h6,8H,1-5H2. The third-order valence-corrected chi connectivity index (χ3v) is 2.87. The molecule has 0 bridgehead atoms. The fraction of sp³-hybridized carbons (Fsp3) is 1.00. The van der Waals surface area contributed by atoms with Gasteiger partial charge in [-0.3, -0.25) is 0 Å². The van der Waals surface area contributed by atoms with Gasteiger partial charge in [-0.1, -0.05) is 0 Å². The van der Waals surface area contributed by atoms with Gasteiger partial charge in [0.2, 0.25) is 9.05 Å². The summed E-state index contributed by atoms with van der Waals surface area (Å²) in [5.74, 6) is -0.0130. The van der Waals surface area contributed by atoms with E-state index in [1.54, 1.807) is 0 Å². The Balaban J connectivity index is 2.22. The largest absolute Gasteiger partial charge is 0.376 e. The van der Waals surface area contributed by atoms with Gasteiger partial charge < -0.3 is 10.1 Å². The predicted octanol–water partition coefficient (Wildman–Crippen LogP) is -0.0665. The highest BCUT2D eigenvalue weighted by molar-refractivity contribution is 8.13. The van der Waals surface area contributed by atoms with E-state index < -0.39 is 9.05 Å². The third-order valence-electron chi connectivity index (χ3n) is 1.69. The number of rotatable bonds is 3. The summed E-state index contributed by atoms with van der Waals surface area (Å²) in [7, 11) is 1.69. The molecule has 1 heterocycles. The molecule has 0 saturated carbocycles. The maximum atomic E-state index is 10.6. The summed E-state index contributed by atoms with van der Waals surface area (Å²) < 4.78 is 26.4. The monoisotopic (exact) mass is 213 g/mol. The Bertz CT molecular complexity index is 223. The predicted molar refractivity (Wildman–Crippen MR) is 46.9 cm³/mol. The Labute approximate surface area is 76.7 Å². The summed E-state index contributed by atoms with van der Waals surface area (Å²) in [6, 6.07) is 0. The Morgan fingerprint density at radius 1 is 1.58 bits per heavy atom. The SMILES string of the molecule is O=S(=O)(Cl)CCC1CNCCO1. The Morgan fingerprint density at radius 2 is 2.33 bits per heavy atom. The van der Waals surface area contributed by atoms with Gasteiger partial charge in [0.05, 0.1) is 18.5 Å². The van der Waals surface area contributed by atoms with Crippen LogP contribution in [0.1, 0.15) is 6.42 Å². The molecule has 6 heteroatoms. The molecule has 1 fully saturated rings. The lowest BCUT2D eigenvalue weighted by Crippen LogP contribution is -2.39. The highest BCUT2D eigenvalue weighted by atomic mass is 35.7. The first-order valence-corrected chi connectivity index (χ1v) is 6.30. The fourth-order valence-electron chi connectivity index (χ4n) is 1.08. The van der Waals surface area contributed by atoms with Gasteiger partial charge in [0, 0.05) is 23.8 Å². The van der Waals surface area contributed by atoms with E-state index in [0.29, 0.717) is 19.6 Å². The second-order valence-electron chi connectivity index (χ2n) is 2.73. The summed E-state index contributed by atoms with van der Waals surface area (Å²) in [6.45, 7) is 2.20. The highest BCUT2D eigenvalue weighted by Gasteiger charge is 2.16. The van der Waals surface area contributed by atoms with Crippen molar-refractivity contribution >= 4 is 19.7 Å². The minimum absolute atomic E-state index is 0.00715. The average molecular weight is 214 g/mol. The zero-order valence-corrected chi connectivity index (χ0v) is 8.20. The minimum atomic E-state index is -3.36. The van der Waals surface area contributed by atoms with Crippen molar-refractivity contribution < 1.29 is 13.2 Å². The summed E-state index contributed by atoms with van der Waals surface area (Å²) in [6.07, 6.45) is 0.464. The van der Waals surface area contributed by atoms with E-state index in [2.05, 4.69) is 5.32 Å². The molecular formula is C6H12ClNO3S. The van der Waals surface area contributed by atoms with Crippen LogP contribution in [0.4, 0.5) is 0 Å². The molecule has 0 radical (unpaired) electrons. The fourth-order valence-corrected chi connectivity index (χ4v) is 1.89. The van der Waals surface area contributed by atoms with Gasteiger partial charge in [-0.25, -0.2) is 8.42 Å². The van der Waals surface area contributed by atoms with Crippen LogP contribution in [0.25, 0.3) is 0 Å². The van der Waals surface area contributed by atoms with Crippen LogP contribution in [0.2, 0.25) is 0 Å². The molecule has 0 spiro atoms. The quantitative estimate of drug-likeness (QED) is 0.668. The third kappa shape index (κ3) is 4.25. The first-order chi connectivity index (χ1) is 5.58. The zero-order valence-electron chi connectivity index (χ0n) is 6.62. The van der Waals surface area contributed by atoms with Crippen molar-refractivity contribution in [2.24, 2.45) is 0 Å². The Hall–Kier alpha value is 0.160. The smallest absolute Gasteiger partial charge is 0.232 e. The number of nitrogens with one attached hydrogen (secondary N) is 1. The molecule has 0 aromatic heterocycles. The summed E-state index contributed by atoms with van der Waals surface area (Å²) in [5.41, 5.74) is 0. The molecule has 1 aliphatic heterocycles. The molecule has 1 saturated heterocycles. The molecule has 1 atom stereocenters. The van der Waals surface area contributed by atoms with Crippen LogP contribution >= 0.6 is 10.7 Å². The lowest BCUT2D eigenvalue weighted by atomic mass is 10.2. The lowest BCUT2D eigenvalue weighted by molar-refractivity contribution is 0.0272. The van der Waals surface area contributed by atoms with Crippen molar-refractivity contribution in [2.45, 2.75) is 12.5 Å². The number of halogens is 1. The minimum Gasteiger partial charge on any atom is -0.376 e. The molecule has 1 unspecified atom stereocenters. The first kappa shape index (κ1) is 10.2. The number of hydrogen-bond acceptors (Lipinski definition) is 4. The Kier molecular flexibility index (Phi) is 3.77. The summed E-state index contributed by atoms with van der Waals surface area (Å²) in [4.78, 5) is 0. The lowest BCUT2D eigenvalue weighted by Gasteiger charge is -2.22. The van der Waals surface area contributed by atoms with Gasteiger partial charge in [-0.15, -0.1) is 0 Å². The van der Waals surface area contributed by atoms with Crippen molar-refractivity contribution in [3.63, 3.8) is 0 Å². The molecule has 4 nitrogen and oxygen atoms in total. The molecule has 1 aliphatic rings. The van der Waals surface area contributed by atoms with Crippen molar-refractivity contribution in [1.29, 1.82) is 0 Å². The molecule has 1 rings (SSSR count). The number of ether oxygens (including phenoxy) is 1. The van der Waals surface area contributed by atoms with Crippen LogP contribution in [0.15, 0.2) is 0 Å². The van der Waals surface area contributed by atoms with E-state index in [1.165, 1.54) is 0 Å². The van der Waals surface area contributed by atoms with Crippen LogP contribution in [-0.4, -0.2) is 40.0 Å². The van der Waals surface area contributed by atoms with Gasteiger partial charge in [0.15, 0.2) is 0 Å². The normalized spacial score (nSPS) is 25.6. The van der Waals surface area contributed by atoms with E-state index in [4.69, 9.17) is 15.4 Å². The molecule has 72 valence electrons. The zero-order chi connectivity index (χ0) is 9.03. The number of morpholine rings is 1. The first-order valence-electron chi connectivity index (χ1n) is 3.82. The molecule has 0 aromatic carbocycles. The second kappa shape index (κ2) is 4.41. The van der Waals surface area contributed by atoms with Crippen LogP contribution in [0, 0.1) is 0 Å². The molecule has 12 heavy (non-hydrogen) atoms. The summed E-state index contributed by atoms with van der Waals surface area (Å²) in [5, 5.41) is 3.11. The van der Waals surface area contributed by atoms with Gasteiger partial charge >= 0.3 is 0 Å². The van der Waals surface area contributed by atoms with Crippen LogP contribution in [-0.2, 0) is 13.8 Å². The summed E-state index contributed by atoms with van der Waals surface area (Å²) >= 11 is 0. The van der Waals surface area contributed by atoms with Crippen molar-refractivity contribution in [2.75, 3.05) is 25.4 Å². The second-order valence-corrected chi connectivity index (χ2v) is 5.63. The van der Waals surface area contributed by atoms with Crippen molar-refractivity contribution in [3.05, 3.63) is 0 Å². The average Bonchev–Trinajstić information content (AvgIpc) is 2.02. The number of hydrogen-bond donors (Lipinski definition) is 1. The highest BCUT2D eigenvalue weighted by Crippen LogP contribution is 2.06. The van der Waals surface area contributed by atoms with E-state index in [9.17, 15) is 8.42 Å². The molecule has 0 aromatic rings. The van der Waals surface area contributed by atoms with Gasteiger partial charge in [-0.2, -0.15) is 0 Å². The van der Waals surface area contributed by atoms with E-state index in [0.717, 1.165) is 6.54 Å². The van der Waals surface area contributed by atoms with Crippen LogP contribution < -0.4 is 5.32 Å². The van der Waals surface area contributed by atoms with Crippen LogP contribution in [0.5, 0.6) is 0 Å². The van der Waals surface area contributed by atoms with E-state index >= 15 is 0 Å². The molecule has 0 aliphatic carbocycles. The maximum Gasteiger partial charge on any atom is 0.232 e. The topological polar surface area (TPSA) is 55.4 Å². The van der Waals surface area contributed by atoms with Gasteiger partial charge in [0.25, 0.3) is 0 Å². The van der Waals surface area contributed by atoms with Crippen LogP contribution in [0.3, 0.4) is 0 Å². The maximum absolute atomic E-state index is 10.6. The molecule has 1 N–H and O–H groups in total. The van der Waals surface area contributed by atoms with E-state index in [1.807, 2.05) is 0 Å². The molecular weight excluding hydrogens is 202 g/mol. The van der Waals surface area contributed by atoms with Crippen molar-refractivity contribution in [1.82, 2.24) is 5.32 Å². The van der Waals surface area contributed by atoms with Gasteiger partial charge in [-0.05, 0) is 6.42 Å². The molecule has 0 amide bonds. The van der Waals surface area contributed by atoms with Crippen molar-refractivity contribution in [3.8, 4) is 0 Å². The Morgan fingerprint density at radius 3 is 2.83 bits per heavy atom. The van der Waals surface area contributed by atoms with Gasteiger partial charge in [0.1, 0.15) is 0 Å².